The Kier molecular flexibility index (Phi) is 5.48. The van der Waals surface area contributed by atoms with Crippen LogP contribution in [-0.2, 0) is 11.3 Å². The number of carbonyl (C=O) groups is 1. The molecule has 0 spiro atoms. The first kappa shape index (κ1) is 18.3. The number of ether oxygens (including phenoxy) is 1. The molecule has 1 aliphatic heterocycles. The number of rotatable bonds is 4. The van der Waals surface area contributed by atoms with E-state index in [4.69, 9.17) is 9.15 Å². The van der Waals surface area contributed by atoms with Gasteiger partial charge in [0, 0.05) is 18.6 Å². The van der Waals surface area contributed by atoms with Crippen LogP contribution < -0.4 is 5.32 Å². The maximum atomic E-state index is 12.3. The predicted octanol–water partition coefficient (Wildman–Crippen LogP) is 3.07. The Balaban J connectivity index is 1.93. The van der Waals surface area contributed by atoms with Crippen LogP contribution in [-0.4, -0.2) is 40.1 Å². The number of amides is 1. The minimum Gasteiger partial charge on any atom is -0.444 e. The van der Waals surface area contributed by atoms with Gasteiger partial charge in [-0.2, -0.15) is 0 Å². The van der Waals surface area contributed by atoms with Crippen molar-refractivity contribution in [3.05, 3.63) is 28.0 Å². The summed E-state index contributed by atoms with van der Waals surface area (Å²) in [5.41, 5.74) is -0.524. The molecule has 2 heterocycles. The van der Waals surface area contributed by atoms with Gasteiger partial charge in [-0.3, -0.25) is 10.1 Å². The highest BCUT2D eigenvalue weighted by Crippen LogP contribution is 2.22. The topological polar surface area (TPSA) is 97.9 Å². The Morgan fingerprint density at radius 2 is 2.21 bits per heavy atom. The number of furan rings is 1. The summed E-state index contributed by atoms with van der Waals surface area (Å²) in [5, 5.41) is 14.0. The molecular formula is C16H25N3O5. The van der Waals surface area contributed by atoms with E-state index >= 15 is 0 Å². The molecule has 1 aliphatic rings. The lowest BCUT2D eigenvalue weighted by Gasteiger charge is -2.40. The number of likely N-dealkylation sites (tertiary alicyclic amines) is 1. The van der Waals surface area contributed by atoms with Gasteiger partial charge in [0.25, 0.3) is 0 Å². The minimum absolute atomic E-state index is 0.0291. The van der Waals surface area contributed by atoms with E-state index in [9.17, 15) is 14.9 Å². The van der Waals surface area contributed by atoms with Gasteiger partial charge in [-0.15, -0.1) is 0 Å². The van der Waals surface area contributed by atoms with Gasteiger partial charge in [-0.1, -0.05) is 0 Å². The van der Waals surface area contributed by atoms with Gasteiger partial charge in [0.15, 0.2) is 0 Å². The van der Waals surface area contributed by atoms with Crippen LogP contribution in [0.25, 0.3) is 0 Å². The van der Waals surface area contributed by atoms with Crippen LogP contribution in [0.5, 0.6) is 0 Å². The van der Waals surface area contributed by atoms with E-state index in [-0.39, 0.29) is 24.1 Å². The number of carbonyl (C=O) groups excluding carboxylic acids is 1. The van der Waals surface area contributed by atoms with Crippen molar-refractivity contribution in [2.45, 2.75) is 64.8 Å². The number of hydrogen-bond acceptors (Lipinski definition) is 6. The van der Waals surface area contributed by atoms with Crippen LogP contribution in [0, 0.1) is 10.1 Å². The Morgan fingerprint density at radius 3 is 2.79 bits per heavy atom. The summed E-state index contributed by atoms with van der Waals surface area (Å²) in [5.74, 6) is 0.238. The van der Waals surface area contributed by atoms with Crippen molar-refractivity contribution in [2.75, 3.05) is 6.54 Å². The first-order valence-corrected chi connectivity index (χ1v) is 8.13. The lowest BCUT2D eigenvalue weighted by Crippen LogP contribution is -2.55. The molecule has 2 unspecified atom stereocenters. The van der Waals surface area contributed by atoms with Crippen LogP contribution in [0.3, 0.4) is 0 Å². The molecule has 1 aromatic rings. The average molecular weight is 339 g/mol. The van der Waals surface area contributed by atoms with Gasteiger partial charge in [0.05, 0.1) is 12.6 Å². The average Bonchev–Trinajstić information content (AvgIpc) is 2.93. The molecule has 0 bridgehead atoms. The molecule has 0 saturated carbocycles. The molecule has 0 aromatic carbocycles. The Labute approximate surface area is 141 Å². The maximum absolute atomic E-state index is 12.3. The number of nitrogens with zero attached hydrogens (tertiary/aromatic N) is 2. The summed E-state index contributed by atoms with van der Waals surface area (Å²) in [6.07, 6.45) is 1.48. The Morgan fingerprint density at radius 1 is 1.50 bits per heavy atom. The minimum atomic E-state index is -0.559. The molecule has 134 valence electrons. The van der Waals surface area contributed by atoms with Crippen molar-refractivity contribution in [3.8, 4) is 0 Å². The first-order valence-electron chi connectivity index (χ1n) is 8.13. The summed E-state index contributed by atoms with van der Waals surface area (Å²) < 4.78 is 10.6. The van der Waals surface area contributed by atoms with Gasteiger partial charge < -0.3 is 19.4 Å². The van der Waals surface area contributed by atoms with E-state index in [2.05, 4.69) is 5.32 Å². The Bertz CT molecular complexity index is 593. The molecule has 1 amide bonds. The SMILES string of the molecule is CC1C(NCc2ccc([N+](=O)[O-])o2)CCCN1C(=O)OC(C)(C)C. The van der Waals surface area contributed by atoms with Crippen molar-refractivity contribution in [1.82, 2.24) is 10.2 Å². The quantitative estimate of drug-likeness (QED) is 0.669. The third kappa shape index (κ3) is 4.70. The summed E-state index contributed by atoms with van der Waals surface area (Å²) in [6.45, 7) is 8.56. The molecule has 2 rings (SSSR count). The van der Waals surface area contributed by atoms with Crippen LogP contribution in [0.15, 0.2) is 16.5 Å². The molecule has 1 fully saturated rings. The zero-order chi connectivity index (χ0) is 17.9. The first-order chi connectivity index (χ1) is 11.2. The number of piperidine rings is 1. The Hall–Kier alpha value is -2.09. The molecule has 8 heteroatoms. The fourth-order valence-corrected chi connectivity index (χ4v) is 2.79. The highest BCUT2D eigenvalue weighted by atomic mass is 16.6. The van der Waals surface area contributed by atoms with E-state index in [1.807, 2.05) is 27.7 Å². The molecule has 8 nitrogen and oxygen atoms in total. The molecule has 0 radical (unpaired) electrons. The normalized spacial score (nSPS) is 21.6. The summed E-state index contributed by atoms with van der Waals surface area (Å²) >= 11 is 0. The van der Waals surface area contributed by atoms with Crippen molar-refractivity contribution in [3.63, 3.8) is 0 Å². The summed E-state index contributed by atoms with van der Waals surface area (Å²) in [4.78, 5) is 24.1. The van der Waals surface area contributed by atoms with Gasteiger partial charge in [0.2, 0.25) is 0 Å². The second-order valence-electron chi connectivity index (χ2n) is 7.04. The van der Waals surface area contributed by atoms with Crippen molar-refractivity contribution in [1.29, 1.82) is 0 Å². The molecule has 1 aromatic heterocycles. The second-order valence-corrected chi connectivity index (χ2v) is 7.04. The van der Waals surface area contributed by atoms with E-state index in [0.29, 0.717) is 18.8 Å². The van der Waals surface area contributed by atoms with E-state index in [1.165, 1.54) is 6.07 Å². The summed E-state index contributed by atoms with van der Waals surface area (Å²) in [7, 11) is 0. The largest absolute Gasteiger partial charge is 0.444 e. The van der Waals surface area contributed by atoms with Gasteiger partial charge >= 0.3 is 12.0 Å². The fraction of sp³-hybridized carbons (Fsp3) is 0.688. The van der Waals surface area contributed by atoms with Crippen molar-refractivity contribution < 1.29 is 18.9 Å². The third-order valence-electron chi connectivity index (χ3n) is 3.98. The number of nitro groups is 1. The molecular weight excluding hydrogens is 314 g/mol. The molecule has 0 aliphatic carbocycles. The van der Waals surface area contributed by atoms with Crippen molar-refractivity contribution >= 4 is 12.0 Å². The number of nitrogens with one attached hydrogen (secondary N) is 1. The van der Waals surface area contributed by atoms with E-state index in [0.717, 1.165) is 12.8 Å². The smallest absolute Gasteiger partial charge is 0.433 e. The standard InChI is InChI=1S/C16H25N3O5/c1-11-13(17-10-12-7-8-14(23-12)19(21)22)6-5-9-18(11)15(20)24-16(2,3)4/h7-8,11,13,17H,5-6,9-10H2,1-4H3. The zero-order valence-corrected chi connectivity index (χ0v) is 14.6. The molecule has 1 N–H and O–H groups in total. The monoisotopic (exact) mass is 339 g/mol. The maximum Gasteiger partial charge on any atom is 0.433 e. The summed E-state index contributed by atoms with van der Waals surface area (Å²) in [6, 6.07) is 2.98. The second kappa shape index (κ2) is 7.21. The highest BCUT2D eigenvalue weighted by Gasteiger charge is 2.33. The zero-order valence-electron chi connectivity index (χ0n) is 14.6. The van der Waals surface area contributed by atoms with Crippen LogP contribution >= 0.6 is 0 Å². The lowest BCUT2D eigenvalue weighted by atomic mass is 9.98. The van der Waals surface area contributed by atoms with Crippen LogP contribution in [0.1, 0.15) is 46.3 Å². The van der Waals surface area contributed by atoms with Gasteiger partial charge in [-0.05, 0) is 46.6 Å². The van der Waals surface area contributed by atoms with Gasteiger partial charge in [0.1, 0.15) is 16.3 Å². The number of hydrogen-bond donors (Lipinski definition) is 1. The van der Waals surface area contributed by atoms with E-state index < -0.39 is 10.5 Å². The highest BCUT2D eigenvalue weighted by molar-refractivity contribution is 5.68. The third-order valence-corrected chi connectivity index (χ3v) is 3.98. The van der Waals surface area contributed by atoms with Gasteiger partial charge in [-0.25, -0.2) is 4.79 Å². The lowest BCUT2D eigenvalue weighted by molar-refractivity contribution is -0.402. The fourth-order valence-electron chi connectivity index (χ4n) is 2.79. The van der Waals surface area contributed by atoms with Crippen LogP contribution in [0.2, 0.25) is 0 Å². The molecule has 1 saturated heterocycles. The van der Waals surface area contributed by atoms with E-state index in [1.54, 1.807) is 11.0 Å². The van der Waals surface area contributed by atoms with Crippen molar-refractivity contribution in [2.24, 2.45) is 0 Å². The predicted molar refractivity (Wildman–Crippen MR) is 87.6 cm³/mol. The molecule has 24 heavy (non-hydrogen) atoms. The van der Waals surface area contributed by atoms with Crippen LogP contribution in [0.4, 0.5) is 10.7 Å². The molecule has 2 atom stereocenters.